The van der Waals surface area contributed by atoms with E-state index in [4.69, 9.17) is 5.11 Å². The number of aromatic nitrogens is 3. The molecule has 0 bridgehead atoms. The van der Waals surface area contributed by atoms with Crippen LogP contribution in [0, 0.1) is 0 Å². The van der Waals surface area contributed by atoms with E-state index in [1.165, 1.54) is 0 Å². The zero-order valence-electron chi connectivity index (χ0n) is 11.7. The van der Waals surface area contributed by atoms with Crippen molar-refractivity contribution < 1.29 is 9.90 Å². The predicted molar refractivity (Wildman–Crippen MR) is 87.7 cm³/mol. The van der Waals surface area contributed by atoms with Crippen molar-refractivity contribution in [2.75, 3.05) is 5.32 Å². The third-order valence-corrected chi connectivity index (χ3v) is 3.81. The van der Waals surface area contributed by atoms with Crippen LogP contribution in [0.4, 0.5) is 5.82 Å². The molecule has 3 N–H and O–H groups in total. The Morgan fingerprint density at radius 3 is 2.68 bits per heavy atom. The molecule has 0 amide bonds. The summed E-state index contributed by atoms with van der Waals surface area (Å²) in [6.45, 7) is 1.56. The third-order valence-electron chi connectivity index (χ3n) is 3.29. The van der Waals surface area contributed by atoms with Crippen LogP contribution in [0.25, 0.3) is 22.3 Å². The van der Waals surface area contributed by atoms with Gasteiger partial charge in [-0.05, 0) is 31.2 Å². The highest BCUT2D eigenvalue weighted by Gasteiger charge is 2.13. The number of aliphatic carboxylic acids is 1. The molecule has 3 aromatic rings. The second-order valence-electron chi connectivity index (χ2n) is 4.88. The number of fused-ring (bicyclic) bond motifs is 1. The van der Waals surface area contributed by atoms with Gasteiger partial charge in [-0.15, -0.1) is 0 Å². The van der Waals surface area contributed by atoms with E-state index in [2.05, 4.69) is 36.4 Å². The number of rotatable bonds is 4. The van der Waals surface area contributed by atoms with E-state index in [9.17, 15) is 4.79 Å². The summed E-state index contributed by atoms with van der Waals surface area (Å²) < 4.78 is 1.01. The van der Waals surface area contributed by atoms with E-state index in [1.807, 2.05) is 30.3 Å². The van der Waals surface area contributed by atoms with Crippen molar-refractivity contribution in [3.05, 3.63) is 40.9 Å². The molecule has 0 saturated carbocycles. The topological polar surface area (TPSA) is 90.9 Å². The number of hydrogen-bond acceptors (Lipinski definition) is 4. The third kappa shape index (κ3) is 2.80. The molecular weight excluding hydrogens is 348 g/mol. The monoisotopic (exact) mass is 360 g/mol. The number of halogens is 1. The fraction of sp³-hybridized carbons (Fsp3) is 0.133. The quantitative estimate of drug-likeness (QED) is 0.664. The predicted octanol–water partition coefficient (Wildman–Crippen LogP) is 3.27. The Balaban J connectivity index is 1.96. The number of pyridine rings is 1. The molecule has 112 valence electrons. The summed E-state index contributed by atoms with van der Waals surface area (Å²) in [5, 5.41) is 19.8. The molecule has 6 nitrogen and oxygen atoms in total. The van der Waals surface area contributed by atoms with Crippen molar-refractivity contribution in [3.63, 3.8) is 0 Å². The maximum Gasteiger partial charge on any atom is 0.325 e. The summed E-state index contributed by atoms with van der Waals surface area (Å²) in [6, 6.07) is 10.8. The Hall–Kier alpha value is -2.41. The van der Waals surface area contributed by atoms with Gasteiger partial charge in [0.2, 0.25) is 0 Å². The van der Waals surface area contributed by atoms with E-state index in [0.29, 0.717) is 11.5 Å². The van der Waals surface area contributed by atoms with Gasteiger partial charge >= 0.3 is 5.97 Å². The van der Waals surface area contributed by atoms with E-state index in [-0.39, 0.29) is 0 Å². The van der Waals surface area contributed by atoms with Crippen LogP contribution in [0.3, 0.4) is 0 Å². The zero-order valence-corrected chi connectivity index (χ0v) is 13.3. The average molecular weight is 361 g/mol. The van der Waals surface area contributed by atoms with Crippen LogP contribution in [0.2, 0.25) is 0 Å². The van der Waals surface area contributed by atoms with Gasteiger partial charge < -0.3 is 10.4 Å². The summed E-state index contributed by atoms with van der Waals surface area (Å²) in [4.78, 5) is 15.2. The fourth-order valence-corrected chi connectivity index (χ4v) is 2.36. The van der Waals surface area contributed by atoms with E-state index < -0.39 is 12.0 Å². The van der Waals surface area contributed by atoms with Gasteiger partial charge in [-0.3, -0.25) is 9.89 Å². The molecule has 0 spiro atoms. The highest BCUT2D eigenvalue weighted by molar-refractivity contribution is 9.10. The van der Waals surface area contributed by atoms with Gasteiger partial charge in [0.25, 0.3) is 0 Å². The smallest absolute Gasteiger partial charge is 0.325 e. The minimum Gasteiger partial charge on any atom is -0.480 e. The lowest BCUT2D eigenvalue weighted by Gasteiger charge is -2.09. The number of hydrogen-bond donors (Lipinski definition) is 3. The molecule has 3 rings (SSSR count). The van der Waals surface area contributed by atoms with Crippen molar-refractivity contribution in [2.45, 2.75) is 13.0 Å². The number of anilines is 1. The first-order chi connectivity index (χ1) is 10.5. The van der Waals surface area contributed by atoms with Crippen molar-refractivity contribution >= 4 is 38.8 Å². The van der Waals surface area contributed by atoms with E-state index in [1.54, 1.807) is 13.0 Å². The molecular formula is C15H13BrN4O2. The second kappa shape index (κ2) is 5.76. The lowest BCUT2D eigenvalue weighted by Crippen LogP contribution is -2.25. The Kier molecular flexibility index (Phi) is 3.81. The molecule has 0 saturated heterocycles. The van der Waals surface area contributed by atoms with Crippen LogP contribution >= 0.6 is 15.9 Å². The van der Waals surface area contributed by atoms with E-state index in [0.717, 1.165) is 21.1 Å². The maximum atomic E-state index is 10.9. The normalized spacial score (nSPS) is 12.3. The molecule has 0 aliphatic carbocycles. The number of H-pyrrole nitrogens is 1. The summed E-state index contributed by atoms with van der Waals surface area (Å²) in [5.74, 6) is -0.448. The molecule has 1 atom stereocenters. The molecule has 22 heavy (non-hydrogen) atoms. The minimum absolute atomic E-state index is 0.483. The van der Waals surface area contributed by atoms with Crippen molar-refractivity contribution in [1.29, 1.82) is 0 Å². The Bertz CT molecular complexity index is 829. The van der Waals surface area contributed by atoms with Gasteiger partial charge in [0.1, 0.15) is 11.9 Å². The molecule has 0 aliphatic rings. The number of aromatic amines is 1. The lowest BCUT2D eigenvalue weighted by atomic mass is 10.1. The number of nitrogens with zero attached hydrogens (tertiary/aromatic N) is 2. The fourth-order valence-electron chi connectivity index (χ4n) is 2.10. The van der Waals surface area contributed by atoms with Gasteiger partial charge in [-0.1, -0.05) is 28.1 Å². The number of benzene rings is 1. The van der Waals surface area contributed by atoms with Crippen molar-refractivity contribution in [2.24, 2.45) is 0 Å². The number of carbonyl (C=O) groups is 1. The first kappa shape index (κ1) is 14.5. The molecule has 2 aromatic heterocycles. The zero-order chi connectivity index (χ0) is 15.7. The van der Waals surface area contributed by atoms with Crippen LogP contribution in [0.5, 0.6) is 0 Å². The SMILES string of the molecule is C[C@H](Nc1ccc2c(-c3ccc(Br)cc3)[nH]nc2n1)C(=O)O. The van der Waals surface area contributed by atoms with Crippen molar-refractivity contribution in [3.8, 4) is 11.3 Å². The summed E-state index contributed by atoms with van der Waals surface area (Å²) in [7, 11) is 0. The maximum absolute atomic E-state index is 10.9. The first-order valence-corrected chi connectivity index (χ1v) is 7.44. The standard InChI is InChI=1S/C15H13BrN4O2/c1-8(15(21)22)17-12-7-6-11-13(19-20-14(11)18-12)9-2-4-10(16)5-3-9/h2-8H,1H3,(H,21,22)(H2,17,18,19,20)/t8-/m0/s1. The summed E-state index contributed by atoms with van der Waals surface area (Å²) >= 11 is 3.41. The molecule has 2 heterocycles. The van der Waals surface area contributed by atoms with Gasteiger partial charge in [0, 0.05) is 15.4 Å². The van der Waals surface area contributed by atoms with Crippen LogP contribution < -0.4 is 5.32 Å². The molecule has 0 unspecified atom stereocenters. The molecule has 7 heteroatoms. The van der Waals surface area contributed by atoms with Gasteiger partial charge in [-0.25, -0.2) is 4.98 Å². The minimum atomic E-state index is -0.931. The highest BCUT2D eigenvalue weighted by atomic mass is 79.9. The number of carboxylic acid groups (broad SMARTS) is 1. The first-order valence-electron chi connectivity index (χ1n) is 6.65. The van der Waals surface area contributed by atoms with E-state index >= 15 is 0 Å². The molecule has 0 fully saturated rings. The average Bonchev–Trinajstić information content (AvgIpc) is 2.91. The highest BCUT2D eigenvalue weighted by Crippen LogP contribution is 2.27. The van der Waals surface area contributed by atoms with Crippen molar-refractivity contribution in [1.82, 2.24) is 15.2 Å². The Labute approximate surface area is 134 Å². The van der Waals surface area contributed by atoms with Gasteiger partial charge in [-0.2, -0.15) is 5.10 Å². The largest absolute Gasteiger partial charge is 0.480 e. The Morgan fingerprint density at radius 1 is 1.27 bits per heavy atom. The summed E-state index contributed by atoms with van der Waals surface area (Å²) in [5.41, 5.74) is 2.43. The Morgan fingerprint density at radius 2 is 2.00 bits per heavy atom. The molecule has 1 aromatic carbocycles. The van der Waals surface area contributed by atoms with Crippen LogP contribution in [-0.2, 0) is 4.79 Å². The molecule has 0 radical (unpaired) electrons. The van der Waals surface area contributed by atoms with Crippen LogP contribution in [-0.4, -0.2) is 32.3 Å². The van der Waals surface area contributed by atoms with Crippen LogP contribution in [0.1, 0.15) is 6.92 Å². The van der Waals surface area contributed by atoms with Gasteiger partial charge in [0.15, 0.2) is 5.65 Å². The van der Waals surface area contributed by atoms with Crippen LogP contribution in [0.15, 0.2) is 40.9 Å². The molecule has 0 aliphatic heterocycles. The second-order valence-corrected chi connectivity index (χ2v) is 5.79. The van der Waals surface area contributed by atoms with Gasteiger partial charge in [0.05, 0.1) is 5.69 Å². The summed E-state index contributed by atoms with van der Waals surface area (Å²) in [6.07, 6.45) is 0. The lowest BCUT2D eigenvalue weighted by molar-refractivity contribution is -0.137. The number of carboxylic acids is 1. The number of nitrogens with one attached hydrogen (secondary N) is 2.